The molecule has 1 aromatic carbocycles. The molecular weight excluding hydrogens is 164 g/mol. The topological polar surface area (TPSA) is 20.3 Å². The Labute approximate surface area is 68.4 Å². The molecule has 0 unspecified atom stereocenters. The molecule has 1 amide bonds. The Kier molecular flexibility index (Phi) is 2.38. The molecule has 0 fully saturated rings. The van der Waals surface area contributed by atoms with E-state index < -0.39 is 11.6 Å². The Morgan fingerprint density at radius 1 is 1.42 bits per heavy atom. The maximum Gasteiger partial charge on any atom is 0.316 e. The van der Waals surface area contributed by atoms with Gasteiger partial charge in [-0.2, -0.15) is 0 Å². The first-order valence-electron chi connectivity index (χ1n) is 3.21. The SMILES string of the molecule is CN([C]=O)c1ccc(F)cc1F. The van der Waals surface area contributed by atoms with E-state index in [1.165, 1.54) is 19.5 Å². The Balaban J connectivity index is 3.09. The molecule has 12 heavy (non-hydrogen) atoms. The van der Waals surface area contributed by atoms with Gasteiger partial charge in [-0.05, 0) is 12.1 Å². The van der Waals surface area contributed by atoms with E-state index in [1.807, 2.05) is 0 Å². The third-order valence-corrected chi connectivity index (χ3v) is 1.41. The first kappa shape index (κ1) is 8.64. The standard InChI is InChI=1S/C8H6F2NO/c1-11(5-12)8-3-2-6(9)4-7(8)10/h2-4H,1H3. The molecule has 4 heteroatoms. The Morgan fingerprint density at radius 3 is 2.58 bits per heavy atom. The lowest BCUT2D eigenvalue weighted by Crippen LogP contribution is -2.15. The van der Waals surface area contributed by atoms with Crippen LogP contribution in [0.5, 0.6) is 0 Å². The van der Waals surface area contributed by atoms with E-state index in [2.05, 4.69) is 0 Å². The first-order chi connectivity index (χ1) is 5.65. The predicted octanol–water partition coefficient (Wildman–Crippen LogP) is 1.47. The number of hydrogen-bond acceptors (Lipinski definition) is 1. The largest absolute Gasteiger partial charge is 0.316 e. The maximum atomic E-state index is 12.8. The van der Waals surface area contributed by atoms with E-state index in [0.29, 0.717) is 6.07 Å². The van der Waals surface area contributed by atoms with Crippen LogP contribution in [0.1, 0.15) is 0 Å². The predicted molar refractivity (Wildman–Crippen MR) is 40.5 cm³/mol. The minimum absolute atomic E-state index is 0.00593. The molecule has 0 N–H and O–H groups in total. The van der Waals surface area contributed by atoms with E-state index in [0.717, 1.165) is 11.0 Å². The zero-order valence-corrected chi connectivity index (χ0v) is 6.34. The van der Waals surface area contributed by atoms with Crippen molar-refractivity contribution in [1.29, 1.82) is 0 Å². The molecular formula is C8H6F2NO. The average molecular weight is 170 g/mol. The summed E-state index contributed by atoms with van der Waals surface area (Å²) in [7, 11) is 1.34. The number of rotatable bonds is 2. The second-order valence-electron chi connectivity index (χ2n) is 2.25. The minimum Gasteiger partial charge on any atom is -0.304 e. The van der Waals surface area contributed by atoms with Gasteiger partial charge in [-0.15, -0.1) is 0 Å². The van der Waals surface area contributed by atoms with E-state index in [9.17, 15) is 13.6 Å². The highest BCUT2D eigenvalue weighted by molar-refractivity contribution is 5.74. The van der Waals surface area contributed by atoms with Gasteiger partial charge in [0.05, 0.1) is 5.69 Å². The van der Waals surface area contributed by atoms with Crippen LogP contribution in [-0.2, 0) is 4.79 Å². The zero-order valence-electron chi connectivity index (χ0n) is 6.34. The molecule has 0 saturated carbocycles. The van der Waals surface area contributed by atoms with Crippen molar-refractivity contribution in [3.05, 3.63) is 29.8 Å². The monoisotopic (exact) mass is 170 g/mol. The summed E-state index contributed by atoms with van der Waals surface area (Å²) in [5.74, 6) is -1.45. The van der Waals surface area contributed by atoms with Crippen molar-refractivity contribution in [3.8, 4) is 0 Å². The van der Waals surface area contributed by atoms with Crippen molar-refractivity contribution in [1.82, 2.24) is 0 Å². The van der Waals surface area contributed by atoms with Crippen LogP contribution in [0, 0.1) is 11.6 Å². The van der Waals surface area contributed by atoms with Crippen LogP contribution < -0.4 is 4.90 Å². The summed E-state index contributed by atoms with van der Waals surface area (Å²) in [6.07, 6.45) is 1.46. The third kappa shape index (κ3) is 1.58. The number of halogens is 2. The second-order valence-corrected chi connectivity index (χ2v) is 2.25. The van der Waals surface area contributed by atoms with Crippen molar-refractivity contribution in [2.24, 2.45) is 0 Å². The summed E-state index contributed by atoms with van der Waals surface area (Å²) in [5, 5.41) is 0. The van der Waals surface area contributed by atoms with Crippen LogP contribution in [-0.4, -0.2) is 13.5 Å². The lowest BCUT2D eigenvalue weighted by molar-refractivity contribution is 0.550. The van der Waals surface area contributed by atoms with E-state index in [-0.39, 0.29) is 5.69 Å². The molecule has 0 heterocycles. The van der Waals surface area contributed by atoms with E-state index in [4.69, 9.17) is 0 Å². The van der Waals surface area contributed by atoms with Crippen molar-refractivity contribution < 1.29 is 13.6 Å². The number of anilines is 1. The molecule has 63 valence electrons. The van der Waals surface area contributed by atoms with Crippen LogP contribution in [0.4, 0.5) is 14.5 Å². The fraction of sp³-hybridized carbons (Fsp3) is 0.125. The third-order valence-electron chi connectivity index (χ3n) is 1.41. The Hall–Kier alpha value is -1.45. The summed E-state index contributed by atoms with van der Waals surface area (Å²) in [5.41, 5.74) is 0.00593. The quantitative estimate of drug-likeness (QED) is 0.615. The van der Waals surface area contributed by atoms with Crippen LogP contribution in [0.25, 0.3) is 0 Å². The molecule has 1 radical (unpaired) electrons. The normalized spacial score (nSPS) is 9.58. The van der Waals surface area contributed by atoms with Crippen molar-refractivity contribution in [2.45, 2.75) is 0 Å². The molecule has 0 aliphatic rings. The molecule has 0 aromatic heterocycles. The van der Waals surface area contributed by atoms with Gasteiger partial charge in [-0.1, -0.05) is 0 Å². The highest BCUT2D eigenvalue weighted by Gasteiger charge is 2.07. The van der Waals surface area contributed by atoms with Gasteiger partial charge in [-0.25, -0.2) is 8.78 Å². The average Bonchev–Trinajstić information content (AvgIpc) is 2.03. The van der Waals surface area contributed by atoms with Gasteiger partial charge in [0.2, 0.25) is 0 Å². The highest BCUT2D eigenvalue weighted by atomic mass is 19.1. The van der Waals surface area contributed by atoms with Gasteiger partial charge >= 0.3 is 6.41 Å². The summed E-state index contributed by atoms with van der Waals surface area (Å²) >= 11 is 0. The number of nitrogens with zero attached hydrogens (tertiary/aromatic N) is 1. The Bertz CT molecular complexity index is 301. The number of amides is 1. The molecule has 1 aromatic rings. The fourth-order valence-electron chi connectivity index (χ4n) is 0.802. The lowest BCUT2D eigenvalue weighted by Gasteiger charge is -2.09. The van der Waals surface area contributed by atoms with Gasteiger partial charge in [0.1, 0.15) is 11.6 Å². The van der Waals surface area contributed by atoms with Gasteiger partial charge < -0.3 is 4.90 Å². The summed E-state index contributed by atoms with van der Waals surface area (Å²) in [4.78, 5) is 11.0. The summed E-state index contributed by atoms with van der Waals surface area (Å²) < 4.78 is 25.2. The molecule has 0 aliphatic heterocycles. The van der Waals surface area contributed by atoms with Crippen LogP contribution >= 0.6 is 0 Å². The minimum atomic E-state index is -0.777. The molecule has 0 spiro atoms. The van der Waals surface area contributed by atoms with Crippen molar-refractivity contribution in [3.63, 3.8) is 0 Å². The van der Waals surface area contributed by atoms with Gasteiger partial charge in [0, 0.05) is 13.1 Å². The lowest BCUT2D eigenvalue weighted by atomic mass is 10.3. The molecule has 0 saturated heterocycles. The van der Waals surface area contributed by atoms with Gasteiger partial charge in [0.15, 0.2) is 0 Å². The number of carbonyl (C=O) groups excluding carboxylic acids is 1. The maximum absolute atomic E-state index is 12.8. The van der Waals surface area contributed by atoms with E-state index >= 15 is 0 Å². The van der Waals surface area contributed by atoms with Crippen molar-refractivity contribution in [2.75, 3.05) is 11.9 Å². The first-order valence-corrected chi connectivity index (χ1v) is 3.21. The van der Waals surface area contributed by atoms with Crippen LogP contribution in [0.2, 0.25) is 0 Å². The van der Waals surface area contributed by atoms with Gasteiger partial charge in [-0.3, -0.25) is 4.79 Å². The van der Waals surface area contributed by atoms with Crippen molar-refractivity contribution >= 4 is 12.1 Å². The smallest absolute Gasteiger partial charge is 0.304 e. The zero-order chi connectivity index (χ0) is 9.14. The molecule has 2 nitrogen and oxygen atoms in total. The van der Waals surface area contributed by atoms with Crippen LogP contribution in [0.15, 0.2) is 18.2 Å². The van der Waals surface area contributed by atoms with Crippen LogP contribution in [0.3, 0.4) is 0 Å². The molecule has 1 rings (SSSR count). The highest BCUT2D eigenvalue weighted by Crippen LogP contribution is 2.17. The summed E-state index contributed by atoms with van der Waals surface area (Å²) in [6, 6.07) is 2.96. The summed E-state index contributed by atoms with van der Waals surface area (Å²) in [6.45, 7) is 0. The molecule has 0 atom stereocenters. The molecule has 0 aliphatic carbocycles. The fourth-order valence-corrected chi connectivity index (χ4v) is 0.802. The Morgan fingerprint density at radius 2 is 2.08 bits per heavy atom. The molecule has 0 bridgehead atoms. The van der Waals surface area contributed by atoms with E-state index in [1.54, 1.807) is 0 Å². The van der Waals surface area contributed by atoms with Gasteiger partial charge in [0.25, 0.3) is 0 Å². The second kappa shape index (κ2) is 3.30. The number of benzene rings is 1. The number of hydrogen-bond donors (Lipinski definition) is 0.